The van der Waals surface area contributed by atoms with Crippen LogP contribution in [-0.2, 0) is 30.3 Å². The van der Waals surface area contributed by atoms with E-state index in [1.165, 1.54) is 0 Å². The lowest BCUT2D eigenvalue weighted by Crippen LogP contribution is -2.42. The van der Waals surface area contributed by atoms with Gasteiger partial charge in [-0.25, -0.2) is 4.99 Å². The minimum Gasteiger partial charge on any atom is -0.445 e. The first-order valence-electron chi connectivity index (χ1n) is 10.0. The maximum atomic E-state index is 6.33. The Kier molecular flexibility index (Phi) is 4.87. The molecule has 0 radical (unpaired) electrons. The summed E-state index contributed by atoms with van der Waals surface area (Å²) in [5.74, 6) is -0.0362. The number of ether oxygens (including phenoxy) is 5. The smallest absolute Gasteiger partial charge is 0.227 e. The van der Waals surface area contributed by atoms with Crippen molar-refractivity contribution in [2.45, 2.75) is 56.9 Å². The zero-order valence-corrected chi connectivity index (χ0v) is 16.6. The number of rotatable bonds is 5. The van der Waals surface area contributed by atoms with Gasteiger partial charge in [0.15, 0.2) is 5.79 Å². The summed E-state index contributed by atoms with van der Waals surface area (Å²) in [4.78, 5) is 4.82. The largest absolute Gasteiger partial charge is 0.445 e. The summed E-state index contributed by atoms with van der Waals surface area (Å²) in [6, 6.07) is 19.7. The molecule has 0 aromatic heterocycles. The second kappa shape index (κ2) is 7.54. The van der Waals surface area contributed by atoms with E-state index in [-0.39, 0.29) is 24.4 Å². The Morgan fingerprint density at radius 3 is 2.45 bits per heavy atom. The highest BCUT2D eigenvalue weighted by atomic mass is 16.8. The van der Waals surface area contributed by atoms with Crippen molar-refractivity contribution in [1.82, 2.24) is 0 Å². The third-order valence-electron chi connectivity index (χ3n) is 5.43. The number of benzene rings is 2. The van der Waals surface area contributed by atoms with E-state index < -0.39 is 12.1 Å². The lowest BCUT2D eigenvalue weighted by Gasteiger charge is -2.26. The molecule has 2 fully saturated rings. The van der Waals surface area contributed by atoms with Gasteiger partial charge in [-0.3, -0.25) is 0 Å². The van der Waals surface area contributed by atoms with E-state index in [4.69, 9.17) is 28.7 Å². The monoisotopic (exact) mass is 395 g/mol. The van der Waals surface area contributed by atoms with Gasteiger partial charge in [0.05, 0.1) is 13.2 Å². The van der Waals surface area contributed by atoms with Crippen LogP contribution in [0.15, 0.2) is 65.7 Å². The lowest BCUT2D eigenvalue weighted by atomic mass is 10.0. The number of aliphatic imine (C=N–C) groups is 1. The fourth-order valence-corrected chi connectivity index (χ4v) is 4.03. The fraction of sp³-hybridized carbons (Fsp3) is 0.435. The summed E-state index contributed by atoms with van der Waals surface area (Å²) in [6.45, 7) is 4.74. The highest BCUT2D eigenvalue weighted by Gasteiger charge is 2.55. The summed E-state index contributed by atoms with van der Waals surface area (Å²) < 4.78 is 30.4. The van der Waals surface area contributed by atoms with E-state index in [0.29, 0.717) is 19.1 Å². The highest BCUT2D eigenvalue weighted by Crippen LogP contribution is 2.38. The molecule has 0 spiro atoms. The Bertz CT molecular complexity index is 869. The molecule has 0 unspecified atom stereocenters. The maximum absolute atomic E-state index is 6.33. The van der Waals surface area contributed by atoms with E-state index in [9.17, 15) is 0 Å². The SMILES string of the molecule is CC1(C)OC[C@H]([C@H]2O[C@@H]3OC(c4ccccc4)=N[C@@H]3[C@@H]2OCc2ccccc2)O1. The zero-order chi connectivity index (χ0) is 19.8. The summed E-state index contributed by atoms with van der Waals surface area (Å²) in [7, 11) is 0. The average Bonchev–Trinajstić information content (AvgIpc) is 3.40. The normalized spacial score (nSPS) is 32.6. The predicted molar refractivity (Wildman–Crippen MR) is 106 cm³/mol. The van der Waals surface area contributed by atoms with Crippen LogP contribution < -0.4 is 0 Å². The van der Waals surface area contributed by atoms with E-state index in [1.54, 1.807) is 0 Å². The molecule has 0 amide bonds. The lowest BCUT2D eigenvalue weighted by molar-refractivity contribution is -0.175. The first-order chi connectivity index (χ1) is 14.1. The van der Waals surface area contributed by atoms with Crippen LogP contribution in [-0.4, -0.2) is 48.9 Å². The van der Waals surface area contributed by atoms with Gasteiger partial charge in [-0.1, -0.05) is 48.5 Å². The molecule has 3 aliphatic heterocycles. The molecule has 5 atom stereocenters. The van der Waals surface area contributed by atoms with Crippen molar-refractivity contribution in [2.24, 2.45) is 4.99 Å². The number of fused-ring (bicyclic) bond motifs is 1. The van der Waals surface area contributed by atoms with Crippen molar-refractivity contribution >= 4 is 5.90 Å². The number of hydrogen-bond donors (Lipinski definition) is 0. The van der Waals surface area contributed by atoms with Crippen molar-refractivity contribution in [3.8, 4) is 0 Å². The van der Waals surface area contributed by atoms with Crippen molar-refractivity contribution in [3.63, 3.8) is 0 Å². The molecule has 6 heteroatoms. The van der Waals surface area contributed by atoms with Gasteiger partial charge in [-0.2, -0.15) is 0 Å². The molecule has 3 aliphatic rings. The minimum absolute atomic E-state index is 0.227. The van der Waals surface area contributed by atoms with Gasteiger partial charge in [0.25, 0.3) is 0 Å². The van der Waals surface area contributed by atoms with Crippen LogP contribution in [0, 0.1) is 0 Å². The number of nitrogens with zero attached hydrogens (tertiary/aromatic N) is 1. The van der Waals surface area contributed by atoms with Crippen molar-refractivity contribution in [1.29, 1.82) is 0 Å². The molecule has 152 valence electrons. The van der Waals surface area contributed by atoms with Gasteiger partial charge in [0.2, 0.25) is 12.2 Å². The molecule has 0 saturated carbocycles. The predicted octanol–water partition coefficient (Wildman–Crippen LogP) is 3.29. The molecule has 2 aromatic carbocycles. The van der Waals surface area contributed by atoms with E-state index in [0.717, 1.165) is 11.1 Å². The Morgan fingerprint density at radius 1 is 1.03 bits per heavy atom. The van der Waals surface area contributed by atoms with Crippen LogP contribution in [0.3, 0.4) is 0 Å². The topological polar surface area (TPSA) is 58.5 Å². The molecule has 3 heterocycles. The molecular weight excluding hydrogens is 370 g/mol. The van der Waals surface area contributed by atoms with Crippen LogP contribution in [0.2, 0.25) is 0 Å². The molecule has 0 N–H and O–H groups in total. The quantitative estimate of drug-likeness (QED) is 0.778. The van der Waals surface area contributed by atoms with Gasteiger partial charge in [-0.05, 0) is 31.5 Å². The number of hydrogen-bond acceptors (Lipinski definition) is 6. The first-order valence-corrected chi connectivity index (χ1v) is 10.0. The summed E-state index contributed by atoms with van der Waals surface area (Å²) in [5, 5.41) is 0. The second-order valence-electron chi connectivity index (χ2n) is 8.01. The summed E-state index contributed by atoms with van der Waals surface area (Å²) >= 11 is 0. The molecule has 2 aromatic rings. The van der Waals surface area contributed by atoms with Gasteiger partial charge in [0, 0.05) is 5.56 Å². The molecule has 2 saturated heterocycles. The second-order valence-corrected chi connectivity index (χ2v) is 8.01. The first kappa shape index (κ1) is 18.8. The third kappa shape index (κ3) is 3.81. The van der Waals surface area contributed by atoms with Gasteiger partial charge < -0.3 is 23.7 Å². The van der Waals surface area contributed by atoms with Crippen molar-refractivity contribution < 1.29 is 23.7 Å². The van der Waals surface area contributed by atoms with Crippen LogP contribution in [0.4, 0.5) is 0 Å². The van der Waals surface area contributed by atoms with Crippen LogP contribution in [0.1, 0.15) is 25.0 Å². The van der Waals surface area contributed by atoms with Crippen molar-refractivity contribution in [3.05, 3.63) is 71.8 Å². The Morgan fingerprint density at radius 2 is 1.76 bits per heavy atom. The van der Waals surface area contributed by atoms with Crippen LogP contribution >= 0.6 is 0 Å². The fourth-order valence-electron chi connectivity index (χ4n) is 4.03. The van der Waals surface area contributed by atoms with Crippen molar-refractivity contribution in [2.75, 3.05) is 6.61 Å². The molecule has 5 rings (SSSR count). The van der Waals surface area contributed by atoms with Gasteiger partial charge >= 0.3 is 0 Å². The minimum atomic E-state index is -0.630. The van der Waals surface area contributed by atoms with E-state index >= 15 is 0 Å². The Balaban J connectivity index is 1.38. The molecule has 6 nitrogen and oxygen atoms in total. The zero-order valence-electron chi connectivity index (χ0n) is 16.6. The highest BCUT2D eigenvalue weighted by molar-refractivity contribution is 5.95. The van der Waals surface area contributed by atoms with Crippen LogP contribution in [0.25, 0.3) is 0 Å². The maximum Gasteiger partial charge on any atom is 0.227 e. The van der Waals surface area contributed by atoms with Crippen LogP contribution in [0.5, 0.6) is 0 Å². The summed E-state index contributed by atoms with van der Waals surface area (Å²) in [5.41, 5.74) is 2.04. The average molecular weight is 395 g/mol. The standard InChI is InChI=1S/C23H25NO5/c1-23(2)26-14-17(29-23)19-20(25-13-15-9-5-3-6-10-15)18-22(27-19)28-21(24-18)16-11-7-4-8-12-16/h3-12,17-20,22H,13-14H2,1-2H3/t17-,18-,19-,20+,22-/m1/s1. The molecule has 29 heavy (non-hydrogen) atoms. The van der Waals surface area contributed by atoms with E-state index in [1.807, 2.05) is 74.5 Å². The van der Waals surface area contributed by atoms with E-state index in [2.05, 4.69) is 0 Å². The molecule has 0 bridgehead atoms. The Labute approximate surface area is 170 Å². The summed E-state index contributed by atoms with van der Waals surface area (Å²) in [6.07, 6.45) is -1.31. The third-order valence-corrected chi connectivity index (χ3v) is 5.43. The Hall–Kier alpha value is -2.25. The van der Waals surface area contributed by atoms with Gasteiger partial charge in [0.1, 0.15) is 24.4 Å². The van der Waals surface area contributed by atoms with Gasteiger partial charge in [-0.15, -0.1) is 0 Å². The molecular formula is C23H25NO5. The molecule has 0 aliphatic carbocycles.